The molecular weight excluding hydrogens is 256 g/mol. The predicted octanol–water partition coefficient (Wildman–Crippen LogP) is 3.01. The molecule has 1 heterocycles. The van der Waals surface area contributed by atoms with Crippen LogP contribution >= 0.6 is 0 Å². The van der Waals surface area contributed by atoms with E-state index >= 15 is 0 Å². The summed E-state index contributed by atoms with van der Waals surface area (Å²) < 4.78 is 40.8. The van der Waals surface area contributed by atoms with Crippen molar-refractivity contribution in [2.24, 2.45) is 0 Å². The lowest BCUT2D eigenvalue weighted by molar-refractivity contribution is 0.582. The standard InChI is InChI=1S/C13H9F2NOS/c14-10-5-3-6-11(15)13(10)16-8-9-4-1-2-7-12(9)18(16)17/h1-7H,8H2. The Labute approximate surface area is 105 Å². The second-order valence-corrected chi connectivity index (χ2v) is 5.34. The number of para-hydroxylation sites is 1. The van der Waals surface area contributed by atoms with Crippen molar-refractivity contribution >= 4 is 16.7 Å². The van der Waals surface area contributed by atoms with E-state index in [4.69, 9.17) is 0 Å². The maximum Gasteiger partial charge on any atom is 0.153 e. The molecule has 0 N–H and O–H groups in total. The zero-order valence-corrected chi connectivity index (χ0v) is 10.1. The molecule has 1 aliphatic rings. The summed E-state index contributed by atoms with van der Waals surface area (Å²) in [6, 6.07) is 10.7. The van der Waals surface area contributed by atoms with E-state index in [1.807, 2.05) is 12.1 Å². The van der Waals surface area contributed by atoms with Crippen LogP contribution in [0.1, 0.15) is 5.56 Å². The van der Waals surface area contributed by atoms with Crippen LogP contribution in [0.2, 0.25) is 0 Å². The van der Waals surface area contributed by atoms with E-state index in [0.29, 0.717) is 4.90 Å². The van der Waals surface area contributed by atoms with Gasteiger partial charge in [0.1, 0.15) is 17.3 Å². The topological polar surface area (TPSA) is 20.3 Å². The van der Waals surface area contributed by atoms with Crippen molar-refractivity contribution in [3.05, 3.63) is 59.7 Å². The minimum Gasteiger partial charge on any atom is -0.277 e. The van der Waals surface area contributed by atoms with Crippen molar-refractivity contribution in [1.29, 1.82) is 0 Å². The van der Waals surface area contributed by atoms with Gasteiger partial charge >= 0.3 is 0 Å². The number of anilines is 1. The molecule has 0 radical (unpaired) electrons. The first-order valence-electron chi connectivity index (χ1n) is 5.40. The lowest BCUT2D eigenvalue weighted by Crippen LogP contribution is -2.20. The van der Waals surface area contributed by atoms with Crippen LogP contribution in [-0.4, -0.2) is 4.21 Å². The molecule has 0 bridgehead atoms. The van der Waals surface area contributed by atoms with Gasteiger partial charge in [0.05, 0.1) is 11.4 Å². The zero-order valence-electron chi connectivity index (χ0n) is 9.27. The maximum absolute atomic E-state index is 13.7. The number of halogens is 2. The highest BCUT2D eigenvalue weighted by Gasteiger charge is 2.30. The molecule has 0 amide bonds. The Kier molecular flexibility index (Phi) is 2.63. The molecule has 0 aliphatic carbocycles. The molecule has 0 aromatic heterocycles. The van der Waals surface area contributed by atoms with Gasteiger partial charge in [-0.1, -0.05) is 24.3 Å². The van der Waals surface area contributed by atoms with E-state index in [1.165, 1.54) is 22.5 Å². The van der Waals surface area contributed by atoms with Gasteiger partial charge in [0.25, 0.3) is 0 Å². The van der Waals surface area contributed by atoms with Crippen LogP contribution < -0.4 is 4.31 Å². The SMILES string of the molecule is O=S1c2ccccc2CN1c1c(F)cccc1F. The second-order valence-electron chi connectivity index (χ2n) is 3.96. The molecule has 1 aliphatic heterocycles. The van der Waals surface area contributed by atoms with Gasteiger partial charge in [0.2, 0.25) is 0 Å². The van der Waals surface area contributed by atoms with Crippen LogP contribution in [0.15, 0.2) is 47.4 Å². The number of rotatable bonds is 1. The summed E-state index contributed by atoms with van der Waals surface area (Å²) in [5, 5.41) is 0. The lowest BCUT2D eigenvalue weighted by atomic mass is 10.2. The average molecular weight is 265 g/mol. The minimum absolute atomic E-state index is 0.230. The van der Waals surface area contributed by atoms with E-state index in [2.05, 4.69) is 0 Å². The lowest BCUT2D eigenvalue weighted by Gasteiger charge is -2.17. The molecule has 0 spiro atoms. The molecule has 2 nitrogen and oxygen atoms in total. The van der Waals surface area contributed by atoms with Gasteiger partial charge in [-0.15, -0.1) is 0 Å². The van der Waals surface area contributed by atoms with Gasteiger partial charge < -0.3 is 0 Å². The van der Waals surface area contributed by atoms with Gasteiger partial charge in [-0.3, -0.25) is 4.31 Å². The Bertz CT molecular complexity index is 624. The van der Waals surface area contributed by atoms with Crippen molar-refractivity contribution in [3.63, 3.8) is 0 Å². The van der Waals surface area contributed by atoms with Crippen LogP contribution in [0.25, 0.3) is 0 Å². The first-order valence-corrected chi connectivity index (χ1v) is 6.50. The highest BCUT2D eigenvalue weighted by molar-refractivity contribution is 7.86. The molecule has 5 heteroatoms. The molecule has 0 saturated heterocycles. The first-order chi connectivity index (χ1) is 8.68. The van der Waals surface area contributed by atoms with Gasteiger partial charge in [0, 0.05) is 0 Å². The number of fused-ring (bicyclic) bond motifs is 1. The second kappa shape index (κ2) is 4.17. The third-order valence-electron chi connectivity index (χ3n) is 2.86. The van der Waals surface area contributed by atoms with E-state index in [9.17, 15) is 13.0 Å². The van der Waals surface area contributed by atoms with Crippen molar-refractivity contribution in [1.82, 2.24) is 0 Å². The summed E-state index contributed by atoms with van der Waals surface area (Å²) in [4.78, 5) is 0.611. The molecule has 1 unspecified atom stereocenters. The fraction of sp³-hybridized carbons (Fsp3) is 0.0769. The fourth-order valence-corrected chi connectivity index (χ4v) is 3.41. The Morgan fingerprint density at radius 1 is 1.00 bits per heavy atom. The number of benzene rings is 2. The minimum atomic E-state index is -1.55. The Morgan fingerprint density at radius 3 is 2.33 bits per heavy atom. The van der Waals surface area contributed by atoms with Gasteiger partial charge in [0.15, 0.2) is 11.0 Å². The summed E-state index contributed by atoms with van der Waals surface area (Å²) in [5.74, 6) is -1.40. The highest BCUT2D eigenvalue weighted by atomic mass is 32.2. The van der Waals surface area contributed by atoms with E-state index < -0.39 is 22.6 Å². The molecule has 0 saturated carbocycles. The third-order valence-corrected chi connectivity index (χ3v) is 4.35. The summed E-state index contributed by atoms with van der Waals surface area (Å²) in [6.07, 6.45) is 0. The van der Waals surface area contributed by atoms with Gasteiger partial charge in [-0.05, 0) is 23.8 Å². The Hall–Kier alpha value is -1.75. The van der Waals surface area contributed by atoms with Crippen molar-refractivity contribution in [2.75, 3.05) is 4.31 Å². The Balaban J connectivity index is 2.10. The van der Waals surface area contributed by atoms with Crippen molar-refractivity contribution < 1.29 is 13.0 Å². The predicted molar refractivity (Wildman–Crippen MR) is 65.4 cm³/mol. The quantitative estimate of drug-likeness (QED) is 0.776. The van der Waals surface area contributed by atoms with E-state index in [1.54, 1.807) is 12.1 Å². The zero-order chi connectivity index (χ0) is 12.7. The van der Waals surface area contributed by atoms with Crippen LogP contribution in [0.5, 0.6) is 0 Å². The normalized spacial score (nSPS) is 17.9. The van der Waals surface area contributed by atoms with Gasteiger partial charge in [-0.25, -0.2) is 13.0 Å². The summed E-state index contributed by atoms with van der Waals surface area (Å²) in [7, 11) is -1.55. The first kappa shape index (κ1) is 11.3. The molecule has 0 fully saturated rings. The monoisotopic (exact) mass is 265 g/mol. The number of hydrogen-bond donors (Lipinski definition) is 0. The fourth-order valence-electron chi connectivity index (χ4n) is 2.03. The van der Waals surface area contributed by atoms with Crippen LogP contribution in [0.3, 0.4) is 0 Å². The van der Waals surface area contributed by atoms with E-state index in [0.717, 1.165) is 5.56 Å². The van der Waals surface area contributed by atoms with Crippen LogP contribution in [0, 0.1) is 11.6 Å². The smallest absolute Gasteiger partial charge is 0.153 e. The molecule has 18 heavy (non-hydrogen) atoms. The third kappa shape index (κ3) is 1.62. The van der Waals surface area contributed by atoms with Gasteiger partial charge in [-0.2, -0.15) is 0 Å². The van der Waals surface area contributed by atoms with Crippen molar-refractivity contribution in [3.8, 4) is 0 Å². The molecule has 2 aromatic rings. The average Bonchev–Trinajstić information content (AvgIpc) is 2.68. The molecular formula is C13H9F2NOS. The van der Waals surface area contributed by atoms with E-state index in [-0.39, 0.29) is 12.2 Å². The molecule has 1 atom stereocenters. The highest BCUT2D eigenvalue weighted by Crippen LogP contribution is 2.34. The maximum atomic E-state index is 13.7. The summed E-state index contributed by atoms with van der Waals surface area (Å²) in [5.41, 5.74) is 0.602. The molecule has 92 valence electrons. The summed E-state index contributed by atoms with van der Waals surface area (Å²) >= 11 is 0. The van der Waals surface area contributed by atoms with Crippen LogP contribution in [0.4, 0.5) is 14.5 Å². The van der Waals surface area contributed by atoms with Crippen LogP contribution in [-0.2, 0) is 17.5 Å². The molecule has 3 rings (SSSR count). The largest absolute Gasteiger partial charge is 0.277 e. The van der Waals surface area contributed by atoms with Crippen molar-refractivity contribution in [2.45, 2.75) is 11.4 Å². The summed E-state index contributed by atoms with van der Waals surface area (Å²) in [6.45, 7) is 0.251. The Morgan fingerprint density at radius 2 is 1.67 bits per heavy atom. The molecule has 2 aromatic carbocycles. The number of nitrogens with zero attached hydrogens (tertiary/aromatic N) is 1. The number of hydrogen-bond acceptors (Lipinski definition) is 1.